The number of fused-ring (bicyclic) bond motifs is 1. The highest BCUT2D eigenvalue weighted by Crippen LogP contribution is 2.27. The molecule has 5 rings (SSSR count). The number of carbonyl (C=O) groups excluding carboxylic acids is 4. The van der Waals surface area contributed by atoms with Gasteiger partial charge in [0, 0.05) is 40.7 Å². The van der Waals surface area contributed by atoms with Crippen LogP contribution in [0.1, 0.15) is 74.4 Å². The summed E-state index contributed by atoms with van der Waals surface area (Å²) in [6.45, 7) is 4.91. The fraction of sp³-hybridized carbons (Fsp3) is 0.351. The van der Waals surface area contributed by atoms with Crippen LogP contribution in [0.3, 0.4) is 0 Å². The van der Waals surface area contributed by atoms with Gasteiger partial charge in [0.15, 0.2) is 5.78 Å². The minimum absolute atomic E-state index is 0.0290. The van der Waals surface area contributed by atoms with Gasteiger partial charge in [-0.15, -0.1) is 0 Å². The summed E-state index contributed by atoms with van der Waals surface area (Å²) in [5, 5.41) is 6.79. The quantitative estimate of drug-likeness (QED) is 0.179. The third-order valence-corrected chi connectivity index (χ3v) is 8.10. The number of H-pyrrole nitrogens is 1. The smallest absolute Gasteiger partial charge is 0.408 e. The monoisotopic (exact) mass is 622 g/mol. The molecule has 46 heavy (non-hydrogen) atoms. The Morgan fingerprint density at radius 2 is 1.57 bits per heavy atom. The van der Waals surface area contributed by atoms with Crippen LogP contribution in [-0.4, -0.2) is 52.9 Å². The molecule has 3 N–H and O–H groups in total. The lowest BCUT2D eigenvalue weighted by Gasteiger charge is -2.31. The minimum Gasteiger partial charge on any atom is -0.444 e. The van der Waals surface area contributed by atoms with Gasteiger partial charge in [0.1, 0.15) is 18.2 Å². The van der Waals surface area contributed by atoms with Gasteiger partial charge in [-0.2, -0.15) is 0 Å². The highest BCUT2D eigenvalue weighted by Gasteiger charge is 2.33. The second kappa shape index (κ2) is 14.5. The zero-order valence-electron chi connectivity index (χ0n) is 26.7. The molecular formula is C37H42N4O5. The number of anilines is 1. The number of aromatic nitrogens is 1. The van der Waals surface area contributed by atoms with E-state index in [0.29, 0.717) is 5.56 Å². The molecule has 0 spiro atoms. The van der Waals surface area contributed by atoms with Crippen molar-refractivity contribution in [3.05, 3.63) is 102 Å². The Kier molecular flexibility index (Phi) is 10.2. The van der Waals surface area contributed by atoms with E-state index in [1.165, 1.54) is 4.90 Å². The van der Waals surface area contributed by atoms with Gasteiger partial charge >= 0.3 is 6.09 Å². The van der Waals surface area contributed by atoms with E-state index >= 15 is 0 Å². The van der Waals surface area contributed by atoms with Gasteiger partial charge in [0.05, 0.1) is 5.69 Å². The number of amides is 3. The summed E-state index contributed by atoms with van der Waals surface area (Å²) in [5.74, 6) is -1.15. The molecule has 1 fully saturated rings. The number of carbonyl (C=O) groups is 4. The Morgan fingerprint density at radius 3 is 2.30 bits per heavy atom. The normalized spacial score (nSPS) is 14.3. The fourth-order valence-corrected chi connectivity index (χ4v) is 5.95. The van der Waals surface area contributed by atoms with Gasteiger partial charge in [-0.3, -0.25) is 14.4 Å². The van der Waals surface area contributed by atoms with E-state index in [9.17, 15) is 19.2 Å². The first-order valence-corrected chi connectivity index (χ1v) is 15.9. The number of hydrogen-bond donors (Lipinski definition) is 3. The molecule has 240 valence electrons. The third-order valence-electron chi connectivity index (χ3n) is 8.10. The molecule has 0 radical (unpaired) electrons. The van der Waals surface area contributed by atoms with Crippen molar-refractivity contribution in [1.29, 1.82) is 0 Å². The molecule has 1 saturated carbocycles. The van der Waals surface area contributed by atoms with Gasteiger partial charge in [-0.25, -0.2) is 4.79 Å². The van der Waals surface area contributed by atoms with Crippen molar-refractivity contribution in [2.45, 2.75) is 77.0 Å². The highest BCUT2D eigenvalue weighted by molar-refractivity contribution is 6.15. The lowest BCUT2D eigenvalue weighted by atomic mass is 9.95. The van der Waals surface area contributed by atoms with Crippen molar-refractivity contribution in [1.82, 2.24) is 15.6 Å². The molecule has 4 aromatic rings. The molecule has 1 aliphatic carbocycles. The number of nitrogens with zero attached hydrogens (tertiary/aromatic N) is 1. The largest absolute Gasteiger partial charge is 0.444 e. The number of rotatable bonds is 10. The Morgan fingerprint density at radius 1 is 0.891 bits per heavy atom. The molecule has 0 unspecified atom stereocenters. The Bertz CT molecular complexity index is 1680. The van der Waals surface area contributed by atoms with E-state index in [0.717, 1.165) is 48.6 Å². The average Bonchev–Trinajstić information content (AvgIpc) is 3.45. The summed E-state index contributed by atoms with van der Waals surface area (Å²) >= 11 is 0. The van der Waals surface area contributed by atoms with E-state index in [2.05, 4.69) is 15.6 Å². The number of hydrogen-bond acceptors (Lipinski definition) is 5. The zero-order valence-corrected chi connectivity index (χ0v) is 26.7. The molecule has 9 nitrogen and oxygen atoms in total. The molecular weight excluding hydrogens is 580 g/mol. The van der Waals surface area contributed by atoms with E-state index < -0.39 is 23.6 Å². The van der Waals surface area contributed by atoms with Crippen molar-refractivity contribution in [3.8, 4) is 0 Å². The van der Waals surface area contributed by atoms with Crippen LogP contribution in [0.25, 0.3) is 10.9 Å². The summed E-state index contributed by atoms with van der Waals surface area (Å²) in [4.78, 5) is 59.7. The average molecular weight is 623 g/mol. The van der Waals surface area contributed by atoms with E-state index in [4.69, 9.17) is 4.74 Å². The first-order valence-electron chi connectivity index (χ1n) is 15.9. The number of ether oxygens (including phenoxy) is 1. The number of ketones is 1. The maximum absolute atomic E-state index is 14.7. The SMILES string of the molecule is CC(C)(C)OC(=O)N[C@@H](Cc1c[nH]c2ccccc12)C(=O)N(CC(=O)NC1CCCCC1)c1ccccc1C(=O)c1ccccc1. The Balaban J connectivity index is 1.53. The van der Waals surface area contributed by atoms with Crippen molar-refractivity contribution in [2.24, 2.45) is 0 Å². The van der Waals surface area contributed by atoms with Crippen LogP contribution in [-0.2, 0) is 20.7 Å². The molecule has 1 aromatic heterocycles. The zero-order chi connectivity index (χ0) is 32.7. The summed E-state index contributed by atoms with van der Waals surface area (Å²) in [7, 11) is 0. The molecule has 0 bridgehead atoms. The fourth-order valence-electron chi connectivity index (χ4n) is 5.95. The van der Waals surface area contributed by atoms with E-state index in [1.54, 1.807) is 69.3 Å². The number of benzene rings is 3. The van der Waals surface area contributed by atoms with Crippen molar-refractivity contribution in [3.63, 3.8) is 0 Å². The molecule has 0 aliphatic heterocycles. The number of aromatic amines is 1. The number of alkyl carbamates (subject to hydrolysis) is 1. The molecule has 9 heteroatoms. The topological polar surface area (TPSA) is 121 Å². The van der Waals surface area contributed by atoms with Gasteiger partial charge in [0.25, 0.3) is 5.91 Å². The first-order chi connectivity index (χ1) is 22.1. The van der Waals surface area contributed by atoms with E-state index in [-0.39, 0.29) is 41.9 Å². The Labute approximate surface area is 269 Å². The Hall–Kier alpha value is -4.92. The molecule has 1 heterocycles. The van der Waals surface area contributed by atoms with Crippen LogP contribution in [0.2, 0.25) is 0 Å². The van der Waals surface area contributed by atoms with Crippen LogP contribution in [0.15, 0.2) is 85.1 Å². The standard InChI is InChI=1S/C37H42N4O5/c1-37(2,3)46-36(45)40-31(22-26-23-38-30-20-12-10-18-28(26)30)35(44)41(24-33(42)39-27-16-8-5-9-17-27)32-21-13-11-19-29(32)34(43)25-14-6-4-7-15-25/h4,6-7,10-15,18-21,23,27,31,38H,5,8-9,16-17,22,24H2,1-3H3,(H,39,42)(H,40,45)/t31-/m0/s1. The number of nitrogens with one attached hydrogen (secondary N) is 3. The molecule has 3 amide bonds. The maximum Gasteiger partial charge on any atom is 0.408 e. The highest BCUT2D eigenvalue weighted by atomic mass is 16.6. The predicted octanol–water partition coefficient (Wildman–Crippen LogP) is 6.32. The van der Waals surface area contributed by atoms with Gasteiger partial charge in [-0.1, -0.05) is 79.9 Å². The molecule has 0 saturated heterocycles. The van der Waals surface area contributed by atoms with Gasteiger partial charge < -0.3 is 25.3 Å². The van der Waals surface area contributed by atoms with Gasteiger partial charge in [0.2, 0.25) is 5.91 Å². The van der Waals surface area contributed by atoms with Crippen LogP contribution in [0.5, 0.6) is 0 Å². The van der Waals surface area contributed by atoms with Crippen LogP contribution >= 0.6 is 0 Å². The van der Waals surface area contributed by atoms with Crippen molar-refractivity contribution >= 4 is 40.3 Å². The van der Waals surface area contributed by atoms with Crippen LogP contribution in [0, 0.1) is 0 Å². The van der Waals surface area contributed by atoms with Crippen LogP contribution < -0.4 is 15.5 Å². The summed E-state index contributed by atoms with van der Waals surface area (Å²) < 4.78 is 5.55. The summed E-state index contributed by atoms with van der Waals surface area (Å²) in [6.07, 6.45) is 6.15. The van der Waals surface area contributed by atoms with E-state index in [1.807, 2.05) is 36.5 Å². The lowest BCUT2D eigenvalue weighted by molar-refractivity contribution is -0.125. The second-order valence-electron chi connectivity index (χ2n) is 12.8. The van der Waals surface area contributed by atoms with Gasteiger partial charge in [-0.05, 0) is 57.4 Å². The van der Waals surface area contributed by atoms with Crippen molar-refractivity contribution in [2.75, 3.05) is 11.4 Å². The minimum atomic E-state index is -1.11. The molecule has 3 aromatic carbocycles. The third kappa shape index (κ3) is 8.21. The predicted molar refractivity (Wildman–Crippen MR) is 179 cm³/mol. The molecule has 1 aliphatic rings. The molecule has 1 atom stereocenters. The van der Waals surface area contributed by atoms with Crippen LogP contribution in [0.4, 0.5) is 10.5 Å². The summed E-state index contributed by atoms with van der Waals surface area (Å²) in [6, 6.07) is 22.2. The second-order valence-corrected chi connectivity index (χ2v) is 12.8. The lowest BCUT2D eigenvalue weighted by Crippen LogP contribution is -2.54. The number of para-hydroxylation sites is 2. The first kappa shape index (κ1) is 32.5. The maximum atomic E-state index is 14.7. The van der Waals surface area contributed by atoms with Crippen molar-refractivity contribution < 1.29 is 23.9 Å². The summed E-state index contributed by atoms with van der Waals surface area (Å²) in [5.41, 5.74) is 1.92.